The number of H-pyrrole nitrogens is 1. The number of imidazole rings is 1. The van der Waals surface area contributed by atoms with E-state index < -0.39 is 0 Å². The molecule has 0 bridgehead atoms. The van der Waals surface area contributed by atoms with E-state index in [0.29, 0.717) is 22.8 Å². The molecule has 0 saturated carbocycles. The molecule has 2 rings (SSSR count). The summed E-state index contributed by atoms with van der Waals surface area (Å²) in [6.07, 6.45) is 1.85. The molecule has 0 saturated heterocycles. The van der Waals surface area contributed by atoms with Crippen molar-refractivity contribution in [2.75, 3.05) is 12.9 Å². The third-order valence-corrected chi connectivity index (χ3v) is 3.14. The van der Waals surface area contributed by atoms with E-state index >= 15 is 0 Å². The minimum Gasteiger partial charge on any atom is -0.469 e. The summed E-state index contributed by atoms with van der Waals surface area (Å²) in [7, 11) is 1.36. The predicted octanol–water partition coefficient (Wildman–Crippen LogP) is 1.66. The van der Waals surface area contributed by atoms with E-state index in [0.717, 1.165) is 5.52 Å². The van der Waals surface area contributed by atoms with Crippen LogP contribution in [0.5, 0.6) is 0 Å². The number of halogens is 1. The number of rotatable bonds is 4. The molecule has 0 spiro atoms. The summed E-state index contributed by atoms with van der Waals surface area (Å²) < 4.78 is 4.55. The number of aromatic amines is 1. The molecule has 90 valence electrons. The van der Waals surface area contributed by atoms with Crippen molar-refractivity contribution in [3.05, 3.63) is 11.6 Å². The number of aromatic nitrogens is 4. The fourth-order valence-corrected chi connectivity index (χ4v) is 2.34. The third kappa shape index (κ3) is 2.86. The Labute approximate surface area is 106 Å². The summed E-state index contributed by atoms with van der Waals surface area (Å²) in [6, 6.07) is 0. The van der Waals surface area contributed by atoms with Crippen LogP contribution < -0.4 is 0 Å². The molecule has 8 heteroatoms. The third-order valence-electron chi connectivity index (χ3n) is 2.00. The number of carbonyl (C=O) groups is 1. The van der Waals surface area contributed by atoms with Crippen LogP contribution in [0.3, 0.4) is 0 Å². The lowest BCUT2D eigenvalue weighted by molar-refractivity contribution is -0.140. The zero-order chi connectivity index (χ0) is 12.3. The number of hydrogen-bond donors (Lipinski definition) is 1. The van der Waals surface area contributed by atoms with Crippen molar-refractivity contribution < 1.29 is 9.53 Å². The first-order valence-electron chi connectivity index (χ1n) is 4.77. The number of thioether (sulfide) groups is 1. The molecule has 0 atom stereocenters. The average molecular weight is 273 g/mol. The van der Waals surface area contributed by atoms with Gasteiger partial charge in [-0.1, -0.05) is 0 Å². The molecule has 17 heavy (non-hydrogen) atoms. The minimum absolute atomic E-state index is 0.144. The van der Waals surface area contributed by atoms with Crippen molar-refractivity contribution >= 4 is 40.5 Å². The summed E-state index contributed by atoms with van der Waals surface area (Å²) >= 11 is 7.17. The lowest BCUT2D eigenvalue weighted by atomic mass is 10.5. The molecule has 6 nitrogen and oxygen atoms in total. The molecule has 0 aliphatic rings. The van der Waals surface area contributed by atoms with Crippen molar-refractivity contribution in [1.29, 1.82) is 0 Å². The van der Waals surface area contributed by atoms with E-state index in [4.69, 9.17) is 11.6 Å². The highest BCUT2D eigenvalue weighted by molar-refractivity contribution is 7.99. The highest BCUT2D eigenvalue weighted by atomic mass is 35.5. The van der Waals surface area contributed by atoms with Gasteiger partial charge in [0.2, 0.25) is 5.28 Å². The van der Waals surface area contributed by atoms with Crippen LogP contribution in [0, 0.1) is 0 Å². The highest BCUT2D eigenvalue weighted by Gasteiger charge is 2.10. The molecule has 1 N–H and O–H groups in total. The van der Waals surface area contributed by atoms with Crippen LogP contribution in [0.4, 0.5) is 0 Å². The first-order chi connectivity index (χ1) is 8.20. The monoisotopic (exact) mass is 272 g/mol. The first kappa shape index (κ1) is 12.1. The fraction of sp³-hybridized carbons (Fsp3) is 0.333. The van der Waals surface area contributed by atoms with Gasteiger partial charge in [0.1, 0.15) is 10.5 Å². The number of hydrogen-bond acceptors (Lipinski definition) is 6. The topological polar surface area (TPSA) is 80.8 Å². The van der Waals surface area contributed by atoms with E-state index in [1.54, 1.807) is 0 Å². The SMILES string of the molecule is COC(=O)CCSc1nc(Cl)nc2nc[nH]c12. The van der Waals surface area contributed by atoms with Crippen LogP contribution in [0.25, 0.3) is 11.2 Å². The lowest BCUT2D eigenvalue weighted by Crippen LogP contribution is -2.01. The maximum atomic E-state index is 11.0. The van der Waals surface area contributed by atoms with E-state index in [1.165, 1.54) is 25.2 Å². The molecule has 0 unspecified atom stereocenters. The first-order valence-corrected chi connectivity index (χ1v) is 6.13. The number of nitrogens with one attached hydrogen (secondary N) is 1. The second kappa shape index (κ2) is 5.33. The zero-order valence-corrected chi connectivity index (χ0v) is 10.5. The second-order valence-electron chi connectivity index (χ2n) is 3.07. The predicted molar refractivity (Wildman–Crippen MR) is 64.1 cm³/mol. The van der Waals surface area contributed by atoms with Gasteiger partial charge in [0.25, 0.3) is 0 Å². The molecule has 2 aromatic rings. The molecule has 0 fully saturated rings. The van der Waals surface area contributed by atoms with E-state index in [9.17, 15) is 4.79 Å². The van der Waals surface area contributed by atoms with Gasteiger partial charge in [-0.05, 0) is 11.6 Å². The normalized spacial score (nSPS) is 10.7. The van der Waals surface area contributed by atoms with Gasteiger partial charge < -0.3 is 9.72 Å². The van der Waals surface area contributed by atoms with Crippen LogP contribution in [0.15, 0.2) is 11.4 Å². The van der Waals surface area contributed by atoms with Crippen LogP contribution in [0.2, 0.25) is 5.28 Å². The Hall–Kier alpha value is -1.34. The second-order valence-corrected chi connectivity index (χ2v) is 4.50. The summed E-state index contributed by atoms with van der Waals surface area (Å²) in [5.41, 5.74) is 1.25. The standard InChI is InChI=1S/C9H9ClN4O2S/c1-16-5(15)2-3-17-8-6-7(12-4-11-6)13-9(10)14-8/h4H,2-3H2,1H3,(H,11,12,13,14). The van der Waals surface area contributed by atoms with Gasteiger partial charge in [0.05, 0.1) is 19.9 Å². The van der Waals surface area contributed by atoms with Crippen molar-refractivity contribution in [3.63, 3.8) is 0 Å². The Morgan fingerprint density at radius 1 is 1.59 bits per heavy atom. The van der Waals surface area contributed by atoms with Crippen molar-refractivity contribution in [3.8, 4) is 0 Å². The van der Waals surface area contributed by atoms with E-state index in [1.807, 2.05) is 0 Å². The Morgan fingerprint density at radius 2 is 2.41 bits per heavy atom. The van der Waals surface area contributed by atoms with Crippen LogP contribution in [-0.2, 0) is 9.53 Å². The molecular formula is C9H9ClN4O2S. The summed E-state index contributed by atoms with van der Waals surface area (Å²) in [4.78, 5) is 26.0. The average Bonchev–Trinajstić information content (AvgIpc) is 2.76. The van der Waals surface area contributed by atoms with E-state index in [-0.39, 0.29) is 11.3 Å². The van der Waals surface area contributed by atoms with Gasteiger partial charge >= 0.3 is 5.97 Å². The molecule has 0 amide bonds. The van der Waals surface area contributed by atoms with E-state index in [2.05, 4.69) is 24.7 Å². The number of ether oxygens (including phenoxy) is 1. The van der Waals surface area contributed by atoms with Crippen LogP contribution in [0.1, 0.15) is 6.42 Å². The number of fused-ring (bicyclic) bond motifs is 1. The molecule has 0 aliphatic carbocycles. The van der Waals surface area contributed by atoms with Gasteiger partial charge in [-0.15, -0.1) is 11.8 Å². The smallest absolute Gasteiger partial charge is 0.306 e. The summed E-state index contributed by atoms with van der Waals surface area (Å²) in [6.45, 7) is 0. The summed E-state index contributed by atoms with van der Waals surface area (Å²) in [5, 5.41) is 0.826. The molecular weight excluding hydrogens is 264 g/mol. The zero-order valence-electron chi connectivity index (χ0n) is 8.94. The summed E-state index contributed by atoms with van der Waals surface area (Å²) in [5.74, 6) is 0.312. The quantitative estimate of drug-likeness (QED) is 0.395. The Bertz CT molecular complexity index is 545. The maximum Gasteiger partial charge on any atom is 0.306 e. The molecule has 0 radical (unpaired) electrons. The van der Waals surface area contributed by atoms with Crippen LogP contribution in [-0.4, -0.2) is 38.8 Å². The van der Waals surface area contributed by atoms with Gasteiger partial charge in [0, 0.05) is 5.75 Å². The largest absolute Gasteiger partial charge is 0.469 e. The van der Waals surface area contributed by atoms with Crippen molar-refractivity contribution in [2.24, 2.45) is 0 Å². The lowest BCUT2D eigenvalue weighted by Gasteiger charge is -2.01. The Morgan fingerprint density at radius 3 is 3.18 bits per heavy atom. The fourth-order valence-electron chi connectivity index (χ4n) is 1.22. The van der Waals surface area contributed by atoms with Crippen molar-refractivity contribution in [1.82, 2.24) is 19.9 Å². The molecule has 2 aromatic heterocycles. The Kier molecular flexibility index (Phi) is 3.80. The molecule has 0 aromatic carbocycles. The van der Waals surface area contributed by atoms with Gasteiger partial charge in [-0.25, -0.2) is 9.97 Å². The number of esters is 1. The number of carbonyl (C=O) groups excluding carboxylic acids is 1. The highest BCUT2D eigenvalue weighted by Crippen LogP contribution is 2.24. The number of nitrogens with zero attached hydrogens (tertiary/aromatic N) is 3. The van der Waals surface area contributed by atoms with Gasteiger partial charge in [-0.2, -0.15) is 4.98 Å². The van der Waals surface area contributed by atoms with Crippen LogP contribution >= 0.6 is 23.4 Å². The van der Waals surface area contributed by atoms with Gasteiger partial charge in [0.15, 0.2) is 5.65 Å². The Balaban J connectivity index is 2.12. The maximum absolute atomic E-state index is 11.0. The molecule has 2 heterocycles. The van der Waals surface area contributed by atoms with Gasteiger partial charge in [-0.3, -0.25) is 4.79 Å². The molecule has 0 aliphatic heterocycles. The number of methoxy groups -OCH3 is 1. The van der Waals surface area contributed by atoms with Crippen molar-refractivity contribution in [2.45, 2.75) is 11.4 Å². The minimum atomic E-state index is -0.251.